The summed E-state index contributed by atoms with van der Waals surface area (Å²) in [7, 11) is 0. The van der Waals surface area contributed by atoms with Crippen LogP contribution in [-0.2, 0) is 0 Å². The molecule has 0 spiro atoms. The normalized spacial score (nSPS) is 15.7. The van der Waals surface area contributed by atoms with Crippen molar-refractivity contribution >= 4 is 27.4 Å². The van der Waals surface area contributed by atoms with Crippen LogP contribution in [0.25, 0.3) is 0 Å². The monoisotopic (exact) mass is 279 g/mol. The highest BCUT2D eigenvalue weighted by Gasteiger charge is 2.12. The zero-order valence-electron chi connectivity index (χ0n) is 9.08. The fraction of sp³-hybridized carbons (Fsp3) is 0.385. The Kier molecular flexibility index (Phi) is 3.88. The lowest BCUT2D eigenvalue weighted by Crippen LogP contribution is -2.12. The first-order chi connectivity index (χ1) is 7.75. The summed E-state index contributed by atoms with van der Waals surface area (Å²) in [6.07, 6.45) is 3.81. The van der Waals surface area contributed by atoms with Gasteiger partial charge in [-0.2, -0.15) is 0 Å². The average Bonchev–Trinajstić information content (AvgIpc) is 2.31. The molecule has 0 N–H and O–H groups in total. The van der Waals surface area contributed by atoms with Crippen LogP contribution < -0.4 is 0 Å². The molecular formula is C13H14BrNO. The first kappa shape index (κ1) is 11.5. The summed E-state index contributed by atoms with van der Waals surface area (Å²) in [6, 6.07) is 7.51. The zero-order valence-corrected chi connectivity index (χ0v) is 10.7. The van der Waals surface area contributed by atoms with Crippen molar-refractivity contribution in [3.63, 3.8) is 0 Å². The topological polar surface area (TPSA) is 29.4 Å². The quantitative estimate of drug-likeness (QED) is 0.777. The van der Waals surface area contributed by atoms with Crippen molar-refractivity contribution in [1.82, 2.24) is 0 Å². The Morgan fingerprint density at radius 3 is 2.62 bits per heavy atom. The van der Waals surface area contributed by atoms with E-state index in [1.165, 1.54) is 6.42 Å². The number of hydrogen-bond acceptors (Lipinski definition) is 2. The van der Waals surface area contributed by atoms with Gasteiger partial charge in [0, 0.05) is 28.7 Å². The maximum absolute atomic E-state index is 11.9. The predicted octanol–water partition coefficient (Wildman–Crippen LogP) is 3.65. The summed E-state index contributed by atoms with van der Waals surface area (Å²) >= 11 is 3.36. The molecule has 2 nitrogen and oxygen atoms in total. The van der Waals surface area contributed by atoms with Crippen LogP contribution in [0.4, 0.5) is 0 Å². The van der Waals surface area contributed by atoms with Crippen molar-refractivity contribution in [3.8, 4) is 0 Å². The van der Waals surface area contributed by atoms with Crippen molar-refractivity contribution in [2.45, 2.75) is 25.7 Å². The van der Waals surface area contributed by atoms with Gasteiger partial charge in [-0.3, -0.25) is 9.79 Å². The van der Waals surface area contributed by atoms with E-state index in [-0.39, 0.29) is 5.78 Å². The van der Waals surface area contributed by atoms with E-state index in [0.717, 1.165) is 35.1 Å². The molecule has 0 amide bonds. The molecule has 0 fully saturated rings. The van der Waals surface area contributed by atoms with Gasteiger partial charge in [0.15, 0.2) is 5.78 Å². The summed E-state index contributed by atoms with van der Waals surface area (Å²) < 4.78 is 0.999. The molecule has 0 saturated carbocycles. The van der Waals surface area contributed by atoms with Gasteiger partial charge in [0.2, 0.25) is 0 Å². The lowest BCUT2D eigenvalue weighted by atomic mass is 10.0. The second kappa shape index (κ2) is 5.39. The number of rotatable bonds is 3. The summed E-state index contributed by atoms with van der Waals surface area (Å²) in [5.74, 6) is 0.174. The maximum atomic E-state index is 11.9. The number of hydrogen-bond donors (Lipinski definition) is 0. The number of Topliss-reactive ketones (excluding diaryl/α,β-unsaturated/α-hetero) is 1. The third kappa shape index (κ3) is 3.01. The highest BCUT2D eigenvalue weighted by molar-refractivity contribution is 9.10. The average molecular weight is 280 g/mol. The van der Waals surface area contributed by atoms with Gasteiger partial charge >= 0.3 is 0 Å². The van der Waals surface area contributed by atoms with Crippen molar-refractivity contribution < 1.29 is 4.79 Å². The van der Waals surface area contributed by atoms with Gasteiger partial charge in [-0.25, -0.2) is 0 Å². The first-order valence-corrected chi connectivity index (χ1v) is 6.36. The molecule has 3 heteroatoms. The van der Waals surface area contributed by atoms with Crippen molar-refractivity contribution in [2.24, 2.45) is 4.99 Å². The number of carbonyl (C=O) groups is 1. The molecule has 0 aromatic heterocycles. The van der Waals surface area contributed by atoms with Crippen LogP contribution in [0.5, 0.6) is 0 Å². The standard InChI is InChI=1S/C13H14BrNO/c14-11-6-4-10(5-7-11)13(16)9-12-3-1-2-8-15-12/h4-7H,1-3,8-9H2. The third-order valence-corrected chi connectivity index (χ3v) is 3.27. The van der Waals surface area contributed by atoms with Crippen LogP contribution >= 0.6 is 15.9 Å². The summed E-state index contributed by atoms with van der Waals surface area (Å²) in [6.45, 7) is 0.892. The number of carbonyl (C=O) groups excluding carboxylic acids is 1. The minimum atomic E-state index is 0.174. The minimum absolute atomic E-state index is 0.174. The Balaban J connectivity index is 2.02. The number of nitrogens with zero attached hydrogens (tertiary/aromatic N) is 1. The molecule has 0 atom stereocenters. The van der Waals surface area contributed by atoms with Gasteiger partial charge in [-0.05, 0) is 31.4 Å². The number of ketones is 1. The molecule has 0 unspecified atom stereocenters. The molecule has 84 valence electrons. The molecule has 1 heterocycles. The largest absolute Gasteiger partial charge is 0.294 e. The molecule has 2 rings (SSSR count). The fourth-order valence-corrected chi connectivity index (χ4v) is 2.09. The number of aliphatic imine (C=N–C) groups is 1. The van der Waals surface area contributed by atoms with Crippen LogP contribution in [-0.4, -0.2) is 18.0 Å². The molecular weight excluding hydrogens is 266 g/mol. The number of halogens is 1. The third-order valence-electron chi connectivity index (χ3n) is 2.74. The van der Waals surface area contributed by atoms with E-state index in [9.17, 15) is 4.79 Å². The maximum Gasteiger partial charge on any atom is 0.168 e. The van der Waals surface area contributed by atoms with Crippen LogP contribution in [0.3, 0.4) is 0 Å². The molecule has 1 aliphatic heterocycles. The highest BCUT2D eigenvalue weighted by atomic mass is 79.9. The van der Waals surface area contributed by atoms with Crippen molar-refractivity contribution in [2.75, 3.05) is 6.54 Å². The van der Waals surface area contributed by atoms with Crippen molar-refractivity contribution in [3.05, 3.63) is 34.3 Å². The molecule has 1 aliphatic rings. The molecule has 1 aromatic rings. The van der Waals surface area contributed by atoms with Crippen LogP contribution in [0.15, 0.2) is 33.7 Å². The molecule has 0 bridgehead atoms. The molecule has 0 saturated heterocycles. The second-order valence-electron chi connectivity index (χ2n) is 4.01. The van der Waals surface area contributed by atoms with Crippen LogP contribution in [0.1, 0.15) is 36.0 Å². The first-order valence-electron chi connectivity index (χ1n) is 5.56. The highest BCUT2D eigenvalue weighted by Crippen LogP contribution is 2.14. The van der Waals surface area contributed by atoms with Crippen LogP contribution in [0.2, 0.25) is 0 Å². The van der Waals surface area contributed by atoms with E-state index in [2.05, 4.69) is 20.9 Å². The van der Waals surface area contributed by atoms with Gasteiger partial charge in [0.1, 0.15) is 0 Å². The smallest absolute Gasteiger partial charge is 0.168 e. The molecule has 16 heavy (non-hydrogen) atoms. The fourth-order valence-electron chi connectivity index (χ4n) is 1.82. The second-order valence-corrected chi connectivity index (χ2v) is 4.93. The van der Waals surface area contributed by atoms with Gasteiger partial charge in [-0.1, -0.05) is 28.1 Å². The van der Waals surface area contributed by atoms with E-state index in [0.29, 0.717) is 6.42 Å². The Bertz CT molecular complexity index is 408. The van der Waals surface area contributed by atoms with Gasteiger partial charge in [-0.15, -0.1) is 0 Å². The minimum Gasteiger partial charge on any atom is -0.294 e. The van der Waals surface area contributed by atoms with Gasteiger partial charge in [0.25, 0.3) is 0 Å². The molecule has 0 aliphatic carbocycles. The van der Waals surface area contributed by atoms with E-state index < -0.39 is 0 Å². The Hall–Kier alpha value is -0.960. The summed E-state index contributed by atoms with van der Waals surface area (Å²) in [5.41, 5.74) is 1.84. The summed E-state index contributed by atoms with van der Waals surface area (Å²) in [5, 5.41) is 0. The van der Waals surface area contributed by atoms with E-state index in [4.69, 9.17) is 0 Å². The molecule has 1 aromatic carbocycles. The predicted molar refractivity (Wildman–Crippen MR) is 69.2 cm³/mol. The van der Waals surface area contributed by atoms with Crippen LogP contribution in [0, 0.1) is 0 Å². The van der Waals surface area contributed by atoms with Gasteiger partial charge < -0.3 is 0 Å². The van der Waals surface area contributed by atoms with E-state index in [1.54, 1.807) is 0 Å². The Labute approximate surface area is 104 Å². The Morgan fingerprint density at radius 1 is 1.25 bits per heavy atom. The lowest BCUT2D eigenvalue weighted by molar-refractivity contribution is 0.1000. The Morgan fingerprint density at radius 2 is 2.00 bits per heavy atom. The lowest BCUT2D eigenvalue weighted by Gasteiger charge is -2.10. The van der Waals surface area contributed by atoms with Crippen molar-refractivity contribution in [1.29, 1.82) is 0 Å². The SMILES string of the molecule is O=C(CC1=NCCCC1)c1ccc(Br)cc1. The van der Waals surface area contributed by atoms with E-state index >= 15 is 0 Å². The van der Waals surface area contributed by atoms with Gasteiger partial charge in [0.05, 0.1) is 0 Å². The summed E-state index contributed by atoms with van der Waals surface area (Å²) in [4.78, 5) is 16.3. The zero-order chi connectivity index (χ0) is 11.4. The molecule has 0 radical (unpaired) electrons. The number of benzene rings is 1. The van der Waals surface area contributed by atoms with E-state index in [1.807, 2.05) is 24.3 Å².